The molecule has 2 rings (SSSR count). The molecule has 108 valence electrons. The van der Waals surface area contributed by atoms with Crippen molar-refractivity contribution in [3.63, 3.8) is 0 Å². The molecule has 1 saturated heterocycles. The lowest BCUT2D eigenvalue weighted by Crippen LogP contribution is -2.33. The lowest BCUT2D eigenvalue weighted by Gasteiger charge is -2.17. The molecule has 6 heteroatoms. The number of hydrogen-bond acceptors (Lipinski definition) is 2. The quantitative estimate of drug-likeness (QED) is 0.929. The standard InChI is InChI=1S/C14H16Cl2N2O2/c1-2-5-17-14(20)9-6-13(19)18(8-9)10-3-4-11(15)12(16)7-10/h3-4,7,9H,2,5-6,8H2,1H3,(H,17,20). The third-order valence-electron chi connectivity index (χ3n) is 3.26. The minimum atomic E-state index is -0.302. The molecule has 0 aliphatic carbocycles. The Morgan fingerprint density at radius 1 is 1.40 bits per heavy atom. The summed E-state index contributed by atoms with van der Waals surface area (Å²) in [5.74, 6) is -0.439. The van der Waals surface area contributed by atoms with Gasteiger partial charge in [-0.25, -0.2) is 0 Å². The van der Waals surface area contributed by atoms with Gasteiger partial charge < -0.3 is 10.2 Å². The summed E-state index contributed by atoms with van der Waals surface area (Å²) in [5.41, 5.74) is 0.676. The molecule has 4 nitrogen and oxygen atoms in total. The number of carbonyl (C=O) groups is 2. The second-order valence-corrected chi connectivity index (χ2v) is 5.61. The molecule has 20 heavy (non-hydrogen) atoms. The fourth-order valence-corrected chi connectivity index (χ4v) is 2.47. The molecule has 1 unspecified atom stereocenters. The number of nitrogens with one attached hydrogen (secondary N) is 1. The van der Waals surface area contributed by atoms with Gasteiger partial charge in [0.05, 0.1) is 16.0 Å². The van der Waals surface area contributed by atoms with Crippen molar-refractivity contribution in [2.24, 2.45) is 5.92 Å². The van der Waals surface area contributed by atoms with E-state index in [0.717, 1.165) is 6.42 Å². The molecule has 0 saturated carbocycles. The van der Waals surface area contributed by atoms with Crippen LogP contribution in [-0.2, 0) is 9.59 Å². The van der Waals surface area contributed by atoms with Gasteiger partial charge in [-0.3, -0.25) is 9.59 Å². The van der Waals surface area contributed by atoms with Crippen LogP contribution in [0, 0.1) is 5.92 Å². The molecule has 1 atom stereocenters. The Balaban J connectivity index is 2.09. The monoisotopic (exact) mass is 314 g/mol. The number of amides is 2. The SMILES string of the molecule is CCCNC(=O)C1CC(=O)N(c2ccc(Cl)c(Cl)c2)C1. The number of carbonyl (C=O) groups excluding carboxylic acids is 2. The van der Waals surface area contributed by atoms with Crippen molar-refractivity contribution >= 4 is 40.7 Å². The second-order valence-electron chi connectivity index (χ2n) is 4.79. The highest BCUT2D eigenvalue weighted by Crippen LogP contribution is 2.30. The maximum absolute atomic E-state index is 12.0. The second kappa shape index (κ2) is 6.46. The Morgan fingerprint density at radius 2 is 2.15 bits per heavy atom. The van der Waals surface area contributed by atoms with Gasteiger partial charge in [0.25, 0.3) is 0 Å². The zero-order valence-corrected chi connectivity index (χ0v) is 12.7. The number of benzene rings is 1. The Bertz CT molecular complexity index is 534. The van der Waals surface area contributed by atoms with E-state index in [0.29, 0.717) is 28.8 Å². The first-order valence-corrected chi connectivity index (χ1v) is 7.31. The van der Waals surface area contributed by atoms with E-state index in [-0.39, 0.29) is 24.2 Å². The summed E-state index contributed by atoms with van der Waals surface area (Å²) in [6.45, 7) is 3.00. The average molecular weight is 315 g/mol. The zero-order chi connectivity index (χ0) is 14.7. The van der Waals surface area contributed by atoms with E-state index in [1.807, 2.05) is 6.92 Å². The molecule has 0 bridgehead atoms. The molecule has 0 aromatic heterocycles. The minimum absolute atomic E-state index is 0.0669. The molecule has 0 spiro atoms. The van der Waals surface area contributed by atoms with Crippen molar-refractivity contribution < 1.29 is 9.59 Å². The Labute approximate surface area is 128 Å². The molecule has 1 aromatic carbocycles. The van der Waals surface area contributed by atoms with Crippen molar-refractivity contribution in [2.75, 3.05) is 18.0 Å². The maximum atomic E-state index is 12.0. The fraction of sp³-hybridized carbons (Fsp3) is 0.429. The van der Waals surface area contributed by atoms with Gasteiger partial charge in [0.2, 0.25) is 11.8 Å². The highest BCUT2D eigenvalue weighted by Gasteiger charge is 2.35. The normalized spacial score (nSPS) is 18.4. The number of halogens is 2. The summed E-state index contributed by atoms with van der Waals surface area (Å²) in [6.07, 6.45) is 1.11. The zero-order valence-electron chi connectivity index (χ0n) is 11.2. The van der Waals surface area contributed by atoms with E-state index in [1.165, 1.54) is 0 Å². The number of hydrogen-bond donors (Lipinski definition) is 1. The summed E-state index contributed by atoms with van der Waals surface area (Å²) >= 11 is 11.8. The van der Waals surface area contributed by atoms with E-state index in [2.05, 4.69) is 5.32 Å². The van der Waals surface area contributed by atoms with Gasteiger partial charge in [0.15, 0.2) is 0 Å². The van der Waals surface area contributed by atoms with Gasteiger partial charge in [-0.2, -0.15) is 0 Å². The predicted molar refractivity (Wildman–Crippen MR) is 80.2 cm³/mol. The van der Waals surface area contributed by atoms with Gasteiger partial charge in [-0.05, 0) is 24.6 Å². The fourth-order valence-electron chi connectivity index (χ4n) is 2.18. The molecular formula is C14H16Cl2N2O2. The van der Waals surface area contributed by atoms with Gasteiger partial charge in [0.1, 0.15) is 0 Å². The lowest BCUT2D eigenvalue weighted by atomic mass is 10.1. The van der Waals surface area contributed by atoms with Crippen molar-refractivity contribution in [1.82, 2.24) is 5.32 Å². The van der Waals surface area contributed by atoms with Crippen LogP contribution in [0.25, 0.3) is 0 Å². The average Bonchev–Trinajstić information content (AvgIpc) is 2.81. The largest absolute Gasteiger partial charge is 0.356 e. The van der Waals surface area contributed by atoms with Crippen molar-refractivity contribution in [1.29, 1.82) is 0 Å². The molecule has 1 aliphatic rings. The smallest absolute Gasteiger partial charge is 0.227 e. The van der Waals surface area contributed by atoms with Crippen LogP contribution in [0.4, 0.5) is 5.69 Å². The van der Waals surface area contributed by atoms with Crippen LogP contribution in [0.3, 0.4) is 0 Å². The lowest BCUT2D eigenvalue weighted by molar-refractivity contribution is -0.126. The minimum Gasteiger partial charge on any atom is -0.356 e. The van der Waals surface area contributed by atoms with E-state index < -0.39 is 0 Å². The summed E-state index contributed by atoms with van der Waals surface area (Å²) < 4.78 is 0. The number of nitrogens with zero attached hydrogens (tertiary/aromatic N) is 1. The van der Waals surface area contributed by atoms with Crippen molar-refractivity contribution in [3.05, 3.63) is 28.2 Å². The third-order valence-corrected chi connectivity index (χ3v) is 4.00. The topological polar surface area (TPSA) is 49.4 Å². The number of anilines is 1. The molecule has 1 N–H and O–H groups in total. The van der Waals surface area contributed by atoms with Crippen molar-refractivity contribution in [3.8, 4) is 0 Å². The van der Waals surface area contributed by atoms with Gasteiger partial charge in [-0.1, -0.05) is 30.1 Å². The van der Waals surface area contributed by atoms with E-state index >= 15 is 0 Å². The maximum Gasteiger partial charge on any atom is 0.227 e. The van der Waals surface area contributed by atoms with E-state index in [9.17, 15) is 9.59 Å². The highest BCUT2D eigenvalue weighted by atomic mass is 35.5. The van der Waals surface area contributed by atoms with Crippen LogP contribution >= 0.6 is 23.2 Å². The van der Waals surface area contributed by atoms with Crippen LogP contribution in [0.1, 0.15) is 19.8 Å². The molecule has 1 fully saturated rings. The van der Waals surface area contributed by atoms with Gasteiger partial charge in [0, 0.05) is 25.2 Å². The van der Waals surface area contributed by atoms with Crippen LogP contribution in [0.2, 0.25) is 10.0 Å². The van der Waals surface area contributed by atoms with Gasteiger partial charge >= 0.3 is 0 Å². The summed E-state index contributed by atoms with van der Waals surface area (Å²) in [5, 5.41) is 3.67. The summed E-state index contributed by atoms with van der Waals surface area (Å²) in [6, 6.07) is 5.03. The first-order valence-electron chi connectivity index (χ1n) is 6.56. The van der Waals surface area contributed by atoms with Crippen LogP contribution in [0.5, 0.6) is 0 Å². The molecule has 1 aromatic rings. The van der Waals surface area contributed by atoms with E-state index in [1.54, 1.807) is 23.1 Å². The summed E-state index contributed by atoms with van der Waals surface area (Å²) in [7, 11) is 0. The third kappa shape index (κ3) is 3.25. The van der Waals surface area contributed by atoms with Crippen LogP contribution in [-0.4, -0.2) is 24.9 Å². The van der Waals surface area contributed by atoms with E-state index in [4.69, 9.17) is 23.2 Å². The Hall–Kier alpha value is -1.26. The first kappa shape index (κ1) is 15.1. The molecule has 1 aliphatic heterocycles. The van der Waals surface area contributed by atoms with Crippen molar-refractivity contribution in [2.45, 2.75) is 19.8 Å². The van der Waals surface area contributed by atoms with Gasteiger partial charge in [-0.15, -0.1) is 0 Å². The Morgan fingerprint density at radius 3 is 2.80 bits per heavy atom. The molecule has 0 radical (unpaired) electrons. The molecule has 1 heterocycles. The van der Waals surface area contributed by atoms with Crippen LogP contribution < -0.4 is 10.2 Å². The predicted octanol–water partition coefficient (Wildman–Crippen LogP) is 2.87. The van der Waals surface area contributed by atoms with Crippen LogP contribution in [0.15, 0.2) is 18.2 Å². The molecular weight excluding hydrogens is 299 g/mol. The summed E-state index contributed by atoms with van der Waals surface area (Å²) in [4.78, 5) is 25.5. The number of rotatable bonds is 4. The molecule has 2 amide bonds. The first-order chi connectivity index (χ1) is 9.52. The highest BCUT2D eigenvalue weighted by molar-refractivity contribution is 6.42. The Kier molecular flexibility index (Phi) is 4.89.